The summed E-state index contributed by atoms with van der Waals surface area (Å²) < 4.78 is 11.2. The lowest BCUT2D eigenvalue weighted by molar-refractivity contribution is -0.134. The van der Waals surface area contributed by atoms with E-state index in [2.05, 4.69) is 10.6 Å². The third kappa shape index (κ3) is 4.42. The molecule has 112 valence electrons. The quantitative estimate of drug-likeness (QED) is 0.661. The van der Waals surface area contributed by atoms with Crippen molar-refractivity contribution in [2.45, 2.75) is 64.3 Å². The molecule has 1 saturated heterocycles. The van der Waals surface area contributed by atoms with Gasteiger partial charge in [0.25, 0.3) is 0 Å². The van der Waals surface area contributed by atoms with E-state index in [0.717, 1.165) is 18.5 Å². The van der Waals surface area contributed by atoms with Crippen LogP contribution in [0.25, 0.3) is 0 Å². The second kappa shape index (κ2) is 8.20. The summed E-state index contributed by atoms with van der Waals surface area (Å²) in [5, 5.41) is 7.35. The van der Waals surface area contributed by atoms with Crippen molar-refractivity contribution in [2.75, 3.05) is 26.3 Å². The van der Waals surface area contributed by atoms with Crippen LogP contribution in [0.15, 0.2) is 0 Å². The number of rotatable bonds is 8. The third-order valence-electron chi connectivity index (χ3n) is 4.44. The van der Waals surface area contributed by atoms with Gasteiger partial charge >= 0.3 is 0 Å². The Balaban J connectivity index is 1.76. The maximum atomic E-state index is 5.60. The monoisotopic (exact) mass is 270 g/mol. The maximum Gasteiger partial charge on any atom is 0.169 e. The van der Waals surface area contributed by atoms with Gasteiger partial charge in [0.1, 0.15) is 0 Å². The van der Waals surface area contributed by atoms with E-state index in [1.165, 1.54) is 38.6 Å². The molecular weight excluding hydrogens is 240 g/mol. The van der Waals surface area contributed by atoms with Crippen molar-refractivity contribution in [3.8, 4) is 0 Å². The highest BCUT2D eigenvalue weighted by Crippen LogP contribution is 2.31. The van der Waals surface area contributed by atoms with Gasteiger partial charge in [0, 0.05) is 31.8 Å². The van der Waals surface area contributed by atoms with Crippen molar-refractivity contribution in [1.82, 2.24) is 10.6 Å². The Morgan fingerprint density at radius 1 is 1.11 bits per heavy atom. The van der Waals surface area contributed by atoms with E-state index >= 15 is 0 Å². The molecule has 2 aliphatic rings. The zero-order valence-electron chi connectivity index (χ0n) is 12.5. The molecule has 2 N–H and O–H groups in total. The van der Waals surface area contributed by atoms with Crippen molar-refractivity contribution >= 4 is 0 Å². The molecule has 4 nitrogen and oxygen atoms in total. The first-order valence-corrected chi connectivity index (χ1v) is 8.05. The molecule has 2 rings (SSSR count). The molecule has 0 aromatic carbocycles. The minimum absolute atomic E-state index is 0.0900. The number of ether oxygens (including phenoxy) is 2. The average Bonchev–Trinajstić information content (AvgIpc) is 3.07. The average molecular weight is 270 g/mol. The highest BCUT2D eigenvalue weighted by molar-refractivity contribution is 4.93. The zero-order valence-corrected chi connectivity index (χ0v) is 12.5. The Morgan fingerprint density at radius 3 is 2.53 bits per heavy atom. The van der Waals surface area contributed by atoms with Crippen LogP contribution in [0.1, 0.15) is 46.0 Å². The van der Waals surface area contributed by atoms with E-state index in [4.69, 9.17) is 9.47 Å². The molecule has 19 heavy (non-hydrogen) atoms. The second-order valence-corrected chi connectivity index (χ2v) is 5.65. The number of hydrogen-bond acceptors (Lipinski definition) is 4. The zero-order chi connectivity index (χ0) is 13.5. The van der Waals surface area contributed by atoms with E-state index in [1.54, 1.807) is 0 Å². The molecule has 0 bridgehead atoms. The van der Waals surface area contributed by atoms with Crippen molar-refractivity contribution in [3.05, 3.63) is 0 Å². The molecule has 2 fully saturated rings. The van der Waals surface area contributed by atoms with E-state index in [1.807, 2.05) is 13.8 Å². The van der Waals surface area contributed by atoms with E-state index in [0.29, 0.717) is 19.3 Å². The molecule has 3 atom stereocenters. The fourth-order valence-corrected chi connectivity index (χ4v) is 3.59. The van der Waals surface area contributed by atoms with Gasteiger partial charge in [0.15, 0.2) is 6.29 Å². The number of hydrogen-bond donors (Lipinski definition) is 2. The minimum Gasteiger partial charge on any atom is -0.352 e. The van der Waals surface area contributed by atoms with E-state index in [9.17, 15) is 0 Å². The summed E-state index contributed by atoms with van der Waals surface area (Å²) in [6, 6.07) is 1.37. The summed E-state index contributed by atoms with van der Waals surface area (Å²) in [6.07, 6.45) is 6.62. The van der Waals surface area contributed by atoms with Crippen LogP contribution in [0, 0.1) is 5.92 Å². The minimum atomic E-state index is -0.0900. The first-order chi connectivity index (χ1) is 9.35. The summed E-state index contributed by atoms with van der Waals surface area (Å²) in [7, 11) is 0. The van der Waals surface area contributed by atoms with Crippen molar-refractivity contribution in [3.63, 3.8) is 0 Å². The highest BCUT2D eigenvalue weighted by Gasteiger charge is 2.34. The lowest BCUT2D eigenvalue weighted by Crippen LogP contribution is -2.45. The van der Waals surface area contributed by atoms with Gasteiger partial charge in [-0.15, -0.1) is 0 Å². The standard InChI is InChI=1S/C15H30N2O2/c1-3-18-15(19-4-2)11-17-14-8-5-7-12(14)13-9-6-10-16-13/h12-17H,3-11H2,1-2H3. The van der Waals surface area contributed by atoms with Gasteiger partial charge in [-0.25, -0.2) is 0 Å². The normalized spacial score (nSPS) is 31.4. The van der Waals surface area contributed by atoms with Crippen molar-refractivity contribution in [2.24, 2.45) is 5.92 Å². The summed E-state index contributed by atoms with van der Waals surface area (Å²) in [5.41, 5.74) is 0. The van der Waals surface area contributed by atoms with E-state index < -0.39 is 0 Å². The molecule has 1 saturated carbocycles. The Labute approximate surface area is 117 Å². The number of nitrogens with one attached hydrogen (secondary N) is 2. The van der Waals surface area contributed by atoms with Crippen LogP contribution in [-0.2, 0) is 9.47 Å². The Bertz CT molecular complexity index is 238. The molecule has 4 heteroatoms. The molecule has 0 amide bonds. The van der Waals surface area contributed by atoms with Crippen molar-refractivity contribution < 1.29 is 9.47 Å². The molecular formula is C15H30N2O2. The predicted molar refractivity (Wildman–Crippen MR) is 77.2 cm³/mol. The smallest absolute Gasteiger partial charge is 0.169 e. The van der Waals surface area contributed by atoms with Gasteiger partial charge in [0.2, 0.25) is 0 Å². The van der Waals surface area contributed by atoms with Crippen LogP contribution < -0.4 is 10.6 Å². The second-order valence-electron chi connectivity index (χ2n) is 5.65. The largest absolute Gasteiger partial charge is 0.352 e. The molecule has 1 aliphatic heterocycles. The molecule has 1 heterocycles. The third-order valence-corrected chi connectivity index (χ3v) is 4.44. The van der Waals surface area contributed by atoms with Gasteiger partial charge in [-0.05, 0) is 52.0 Å². The fraction of sp³-hybridized carbons (Fsp3) is 1.00. The van der Waals surface area contributed by atoms with Gasteiger partial charge in [-0.1, -0.05) is 6.42 Å². The lowest BCUT2D eigenvalue weighted by atomic mass is 9.93. The van der Waals surface area contributed by atoms with Gasteiger partial charge < -0.3 is 20.1 Å². The predicted octanol–water partition coefficient (Wildman–Crippen LogP) is 1.90. The fourth-order valence-electron chi connectivity index (χ4n) is 3.59. The topological polar surface area (TPSA) is 42.5 Å². The summed E-state index contributed by atoms with van der Waals surface area (Å²) in [6.45, 7) is 7.49. The molecule has 0 aromatic heterocycles. The van der Waals surface area contributed by atoms with Crippen LogP contribution in [0.3, 0.4) is 0 Å². The Hall–Kier alpha value is -0.160. The molecule has 1 aliphatic carbocycles. The van der Waals surface area contributed by atoms with Gasteiger partial charge in [-0.3, -0.25) is 0 Å². The molecule has 0 spiro atoms. The first-order valence-electron chi connectivity index (χ1n) is 8.05. The highest BCUT2D eigenvalue weighted by atomic mass is 16.7. The Kier molecular flexibility index (Phi) is 6.57. The summed E-state index contributed by atoms with van der Waals surface area (Å²) >= 11 is 0. The molecule has 3 unspecified atom stereocenters. The van der Waals surface area contributed by atoms with Crippen LogP contribution >= 0.6 is 0 Å². The van der Waals surface area contributed by atoms with Crippen LogP contribution in [0.4, 0.5) is 0 Å². The summed E-state index contributed by atoms with van der Waals surface area (Å²) in [5.74, 6) is 0.798. The lowest BCUT2D eigenvalue weighted by Gasteiger charge is -2.28. The SMILES string of the molecule is CCOC(CNC1CCCC1C1CCCN1)OCC. The van der Waals surface area contributed by atoms with Crippen LogP contribution in [0.2, 0.25) is 0 Å². The van der Waals surface area contributed by atoms with Gasteiger partial charge in [-0.2, -0.15) is 0 Å². The van der Waals surface area contributed by atoms with Crippen LogP contribution in [0.5, 0.6) is 0 Å². The van der Waals surface area contributed by atoms with E-state index in [-0.39, 0.29) is 6.29 Å². The summed E-state index contributed by atoms with van der Waals surface area (Å²) in [4.78, 5) is 0. The van der Waals surface area contributed by atoms with Gasteiger partial charge in [0.05, 0.1) is 0 Å². The van der Waals surface area contributed by atoms with Crippen LogP contribution in [-0.4, -0.2) is 44.7 Å². The molecule has 0 aromatic rings. The Morgan fingerprint density at radius 2 is 1.89 bits per heavy atom. The maximum absolute atomic E-state index is 5.60. The first kappa shape index (κ1) is 15.2. The van der Waals surface area contributed by atoms with Crippen molar-refractivity contribution in [1.29, 1.82) is 0 Å². The molecule has 0 radical (unpaired) electrons.